The Hall–Kier alpha value is -1.71. The standard InChI is InChI=1S/C13H13F2NO/c1-2-16-13(17)5-8-3-4-10-11(8)6-9(14)7-12(10)15/h5-7H,2-4H2,1H3,(H,16,17)/b8-5-. The van der Waals surface area contributed by atoms with E-state index in [9.17, 15) is 13.6 Å². The second-order valence-corrected chi connectivity index (χ2v) is 3.98. The maximum atomic E-state index is 13.4. The molecule has 0 fully saturated rings. The first-order valence-electron chi connectivity index (χ1n) is 5.58. The molecule has 1 N–H and O–H groups in total. The van der Waals surface area contributed by atoms with E-state index in [-0.39, 0.29) is 5.91 Å². The number of hydrogen-bond donors (Lipinski definition) is 1. The van der Waals surface area contributed by atoms with Crippen molar-refractivity contribution in [1.82, 2.24) is 5.32 Å². The predicted octanol–water partition coefficient (Wildman–Crippen LogP) is 2.43. The van der Waals surface area contributed by atoms with E-state index < -0.39 is 11.6 Å². The lowest BCUT2D eigenvalue weighted by Gasteiger charge is -2.03. The first-order chi connectivity index (χ1) is 8.11. The van der Waals surface area contributed by atoms with Gasteiger partial charge in [0.25, 0.3) is 0 Å². The molecule has 0 radical (unpaired) electrons. The second kappa shape index (κ2) is 4.65. The number of amides is 1. The van der Waals surface area contributed by atoms with Crippen LogP contribution in [0.15, 0.2) is 18.2 Å². The molecule has 0 heterocycles. The maximum absolute atomic E-state index is 13.4. The lowest BCUT2D eigenvalue weighted by Crippen LogP contribution is -2.20. The number of carbonyl (C=O) groups is 1. The van der Waals surface area contributed by atoms with Gasteiger partial charge in [-0.25, -0.2) is 8.78 Å². The summed E-state index contributed by atoms with van der Waals surface area (Å²) in [6.07, 6.45) is 2.52. The number of likely N-dealkylation sites (N-methyl/N-ethyl adjacent to an activating group) is 1. The molecule has 4 heteroatoms. The van der Waals surface area contributed by atoms with Crippen LogP contribution in [0.2, 0.25) is 0 Å². The number of halogens is 2. The Balaban J connectivity index is 2.36. The number of benzene rings is 1. The molecule has 1 amide bonds. The number of hydrogen-bond acceptors (Lipinski definition) is 1. The third-order valence-electron chi connectivity index (χ3n) is 2.81. The van der Waals surface area contributed by atoms with Crippen molar-refractivity contribution >= 4 is 11.5 Å². The molecule has 0 aliphatic heterocycles. The van der Waals surface area contributed by atoms with E-state index >= 15 is 0 Å². The Morgan fingerprint density at radius 3 is 2.88 bits per heavy atom. The van der Waals surface area contributed by atoms with Gasteiger partial charge in [0.2, 0.25) is 5.91 Å². The van der Waals surface area contributed by atoms with Gasteiger partial charge >= 0.3 is 0 Å². The van der Waals surface area contributed by atoms with Crippen molar-refractivity contribution in [2.24, 2.45) is 0 Å². The monoisotopic (exact) mass is 237 g/mol. The van der Waals surface area contributed by atoms with Crippen molar-refractivity contribution in [3.63, 3.8) is 0 Å². The maximum Gasteiger partial charge on any atom is 0.244 e. The Morgan fingerprint density at radius 2 is 2.18 bits per heavy atom. The normalized spacial score (nSPS) is 16.1. The number of fused-ring (bicyclic) bond motifs is 1. The molecule has 0 saturated carbocycles. The molecule has 1 aliphatic carbocycles. The zero-order valence-electron chi connectivity index (χ0n) is 9.52. The zero-order chi connectivity index (χ0) is 12.4. The minimum atomic E-state index is -0.607. The predicted molar refractivity (Wildman–Crippen MR) is 61.3 cm³/mol. The van der Waals surface area contributed by atoms with Crippen molar-refractivity contribution in [2.45, 2.75) is 19.8 Å². The van der Waals surface area contributed by atoms with Crippen LogP contribution in [0.3, 0.4) is 0 Å². The van der Waals surface area contributed by atoms with Crippen LogP contribution in [-0.2, 0) is 11.2 Å². The number of carbonyl (C=O) groups excluding carboxylic acids is 1. The largest absolute Gasteiger partial charge is 0.353 e. The van der Waals surface area contributed by atoms with Crippen LogP contribution >= 0.6 is 0 Å². The van der Waals surface area contributed by atoms with Gasteiger partial charge in [0.05, 0.1) is 0 Å². The Kier molecular flexibility index (Phi) is 3.22. The van der Waals surface area contributed by atoms with Crippen LogP contribution < -0.4 is 5.32 Å². The summed E-state index contributed by atoms with van der Waals surface area (Å²) in [7, 11) is 0. The van der Waals surface area contributed by atoms with Crippen molar-refractivity contribution < 1.29 is 13.6 Å². The molecular weight excluding hydrogens is 224 g/mol. The highest BCUT2D eigenvalue weighted by Crippen LogP contribution is 2.34. The van der Waals surface area contributed by atoms with Crippen molar-refractivity contribution in [2.75, 3.05) is 6.54 Å². The van der Waals surface area contributed by atoms with Crippen LogP contribution in [0, 0.1) is 11.6 Å². The van der Waals surface area contributed by atoms with Gasteiger partial charge in [0.1, 0.15) is 11.6 Å². The highest BCUT2D eigenvalue weighted by atomic mass is 19.1. The van der Waals surface area contributed by atoms with E-state index in [1.54, 1.807) is 0 Å². The Morgan fingerprint density at radius 1 is 1.41 bits per heavy atom. The quantitative estimate of drug-likeness (QED) is 0.786. The van der Waals surface area contributed by atoms with E-state index in [1.165, 1.54) is 12.1 Å². The third kappa shape index (κ3) is 2.35. The van der Waals surface area contributed by atoms with E-state index in [4.69, 9.17) is 0 Å². The molecule has 0 bridgehead atoms. The molecule has 1 aliphatic rings. The fourth-order valence-corrected chi connectivity index (χ4v) is 2.07. The van der Waals surface area contributed by atoms with E-state index in [1.807, 2.05) is 6.92 Å². The lowest BCUT2D eigenvalue weighted by atomic mass is 10.1. The summed E-state index contributed by atoms with van der Waals surface area (Å²) in [5.74, 6) is -1.36. The van der Waals surface area contributed by atoms with Gasteiger partial charge in [-0.15, -0.1) is 0 Å². The molecular formula is C13H13F2NO. The average Bonchev–Trinajstić information content (AvgIpc) is 2.62. The summed E-state index contributed by atoms with van der Waals surface area (Å²) in [5.41, 5.74) is 1.72. The minimum Gasteiger partial charge on any atom is -0.353 e. The summed E-state index contributed by atoms with van der Waals surface area (Å²) < 4.78 is 26.6. The zero-order valence-corrected chi connectivity index (χ0v) is 9.52. The smallest absolute Gasteiger partial charge is 0.244 e. The summed E-state index contributed by atoms with van der Waals surface area (Å²) in [5, 5.41) is 2.63. The second-order valence-electron chi connectivity index (χ2n) is 3.98. The average molecular weight is 237 g/mol. The van der Waals surface area contributed by atoms with Crippen LogP contribution in [-0.4, -0.2) is 12.5 Å². The van der Waals surface area contributed by atoms with Gasteiger partial charge in [-0.1, -0.05) is 0 Å². The molecule has 2 rings (SSSR count). The summed E-state index contributed by atoms with van der Waals surface area (Å²) in [6, 6.07) is 2.17. The van der Waals surface area contributed by atoms with Gasteiger partial charge in [-0.3, -0.25) is 4.79 Å². The lowest BCUT2D eigenvalue weighted by molar-refractivity contribution is -0.116. The first-order valence-corrected chi connectivity index (χ1v) is 5.58. The molecule has 0 spiro atoms. The van der Waals surface area contributed by atoms with Crippen LogP contribution in [0.1, 0.15) is 24.5 Å². The molecule has 0 atom stereocenters. The SMILES string of the molecule is CCNC(=O)/C=C1/CCc2c(F)cc(F)cc21. The number of allylic oxidation sites excluding steroid dienone is 1. The van der Waals surface area contributed by atoms with Gasteiger partial charge in [0.15, 0.2) is 0 Å². The molecule has 2 nitrogen and oxygen atoms in total. The number of rotatable bonds is 2. The molecule has 1 aromatic rings. The highest BCUT2D eigenvalue weighted by Gasteiger charge is 2.21. The summed E-state index contributed by atoms with van der Waals surface area (Å²) >= 11 is 0. The highest BCUT2D eigenvalue weighted by molar-refractivity contribution is 5.96. The van der Waals surface area contributed by atoms with Crippen LogP contribution in [0.5, 0.6) is 0 Å². The van der Waals surface area contributed by atoms with Gasteiger partial charge in [0, 0.05) is 18.7 Å². The molecule has 0 unspecified atom stereocenters. The van der Waals surface area contributed by atoms with Gasteiger partial charge in [-0.05, 0) is 42.5 Å². The van der Waals surface area contributed by atoms with Crippen molar-refractivity contribution in [1.29, 1.82) is 0 Å². The molecule has 0 saturated heterocycles. The molecule has 17 heavy (non-hydrogen) atoms. The summed E-state index contributed by atoms with van der Waals surface area (Å²) in [4.78, 5) is 11.4. The summed E-state index contributed by atoms with van der Waals surface area (Å²) in [6.45, 7) is 2.35. The third-order valence-corrected chi connectivity index (χ3v) is 2.81. The van der Waals surface area contributed by atoms with E-state index in [0.29, 0.717) is 36.1 Å². The Bertz CT molecular complexity index is 494. The minimum absolute atomic E-state index is 0.222. The fraction of sp³-hybridized carbons (Fsp3) is 0.308. The molecule has 1 aromatic carbocycles. The molecule has 0 aromatic heterocycles. The topological polar surface area (TPSA) is 29.1 Å². The van der Waals surface area contributed by atoms with E-state index in [2.05, 4.69) is 5.32 Å². The molecule has 90 valence electrons. The van der Waals surface area contributed by atoms with Gasteiger partial charge in [-0.2, -0.15) is 0 Å². The fourth-order valence-electron chi connectivity index (χ4n) is 2.07. The van der Waals surface area contributed by atoms with Crippen LogP contribution in [0.25, 0.3) is 5.57 Å². The van der Waals surface area contributed by atoms with Crippen molar-refractivity contribution in [3.05, 3.63) is 41.0 Å². The Labute approximate surface area is 98.3 Å². The van der Waals surface area contributed by atoms with Crippen LogP contribution in [0.4, 0.5) is 8.78 Å². The number of nitrogens with one attached hydrogen (secondary N) is 1. The van der Waals surface area contributed by atoms with Crippen molar-refractivity contribution in [3.8, 4) is 0 Å². The van der Waals surface area contributed by atoms with Gasteiger partial charge < -0.3 is 5.32 Å². The van der Waals surface area contributed by atoms with E-state index in [0.717, 1.165) is 6.07 Å². The first kappa shape index (κ1) is 11.8.